The number of nitrogens with one attached hydrogen (secondary N) is 2. The second kappa shape index (κ2) is 7.34. The Balaban J connectivity index is 1.47. The van der Waals surface area contributed by atoms with Gasteiger partial charge in [-0.15, -0.1) is 0 Å². The van der Waals surface area contributed by atoms with E-state index in [1.54, 1.807) is 13.2 Å². The van der Waals surface area contributed by atoms with Gasteiger partial charge in [-0.25, -0.2) is 9.18 Å². The van der Waals surface area contributed by atoms with Crippen molar-refractivity contribution >= 4 is 6.03 Å². The molecular formula is C19H21FN2O2. The van der Waals surface area contributed by atoms with Gasteiger partial charge in [-0.1, -0.05) is 18.2 Å². The lowest BCUT2D eigenvalue weighted by molar-refractivity contribution is 0.237. The van der Waals surface area contributed by atoms with Gasteiger partial charge in [-0.05, 0) is 60.2 Å². The van der Waals surface area contributed by atoms with Crippen LogP contribution in [-0.2, 0) is 12.8 Å². The van der Waals surface area contributed by atoms with E-state index in [1.165, 1.54) is 12.1 Å². The molecule has 1 aliphatic carbocycles. The van der Waals surface area contributed by atoms with Gasteiger partial charge in [0.15, 0.2) is 0 Å². The van der Waals surface area contributed by atoms with E-state index in [9.17, 15) is 9.18 Å². The Bertz CT molecular complexity index is 716. The summed E-state index contributed by atoms with van der Waals surface area (Å²) < 4.78 is 18.5. The number of aryl methyl sites for hydroxylation is 1. The number of carbonyl (C=O) groups excluding carboxylic acids is 1. The zero-order valence-corrected chi connectivity index (χ0v) is 13.6. The number of methoxy groups -OCH3 is 1. The molecule has 0 radical (unpaired) electrons. The van der Waals surface area contributed by atoms with Gasteiger partial charge in [0, 0.05) is 6.54 Å². The monoisotopic (exact) mass is 328 g/mol. The van der Waals surface area contributed by atoms with Crippen LogP contribution in [0.15, 0.2) is 42.5 Å². The smallest absolute Gasteiger partial charge is 0.315 e. The molecule has 126 valence electrons. The van der Waals surface area contributed by atoms with Crippen molar-refractivity contribution in [1.82, 2.24) is 10.6 Å². The van der Waals surface area contributed by atoms with Crippen LogP contribution in [0.5, 0.6) is 5.75 Å². The lowest BCUT2D eigenvalue weighted by atomic mass is 10.1. The third kappa shape index (κ3) is 3.85. The normalized spacial score (nSPS) is 15.7. The van der Waals surface area contributed by atoms with Crippen LogP contribution in [0.2, 0.25) is 0 Å². The first-order valence-electron chi connectivity index (χ1n) is 8.11. The fraction of sp³-hybridized carbons (Fsp3) is 0.316. The lowest BCUT2D eigenvalue weighted by Crippen LogP contribution is -2.38. The first kappa shape index (κ1) is 16.3. The quantitative estimate of drug-likeness (QED) is 0.884. The number of halogens is 1. The van der Waals surface area contributed by atoms with Crippen molar-refractivity contribution in [3.05, 3.63) is 65.0 Å². The highest BCUT2D eigenvalue weighted by atomic mass is 19.1. The van der Waals surface area contributed by atoms with E-state index < -0.39 is 0 Å². The van der Waals surface area contributed by atoms with Crippen molar-refractivity contribution in [2.24, 2.45) is 0 Å². The summed E-state index contributed by atoms with van der Waals surface area (Å²) in [6.45, 7) is 0.543. The predicted molar refractivity (Wildman–Crippen MR) is 90.7 cm³/mol. The van der Waals surface area contributed by atoms with Crippen molar-refractivity contribution in [2.75, 3.05) is 13.7 Å². The Morgan fingerprint density at radius 2 is 2.04 bits per heavy atom. The minimum atomic E-state index is -0.262. The molecule has 2 amide bonds. The zero-order valence-electron chi connectivity index (χ0n) is 13.6. The molecule has 0 aliphatic heterocycles. The summed E-state index contributed by atoms with van der Waals surface area (Å²) in [5.74, 6) is 0.555. The fourth-order valence-electron chi connectivity index (χ4n) is 3.04. The number of ether oxygens (including phenoxy) is 1. The summed E-state index contributed by atoms with van der Waals surface area (Å²) in [5, 5.41) is 5.79. The molecule has 2 aromatic carbocycles. The maximum atomic E-state index is 13.4. The van der Waals surface area contributed by atoms with E-state index in [1.807, 2.05) is 24.3 Å². The summed E-state index contributed by atoms with van der Waals surface area (Å²) in [4.78, 5) is 12.0. The predicted octanol–water partition coefficient (Wildman–Crippen LogP) is 3.36. The third-order valence-corrected chi connectivity index (χ3v) is 4.35. The molecule has 1 atom stereocenters. The molecule has 0 aromatic heterocycles. The van der Waals surface area contributed by atoms with Crippen LogP contribution in [0.1, 0.15) is 29.2 Å². The summed E-state index contributed by atoms with van der Waals surface area (Å²) in [6.07, 6.45) is 2.42. The molecule has 5 heteroatoms. The van der Waals surface area contributed by atoms with Gasteiger partial charge in [0.2, 0.25) is 0 Å². The molecule has 24 heavy (non-hydrogen) atoms. The molecular weight excluding hydrogens is 307 g/mol. The minimum absolute atomic E-state index is 0.114. The van der Waals surface area contributed by atoms with Gasteiger partial charge >= 0.3 is 6.03 Å². The summed E-state index contributed by atoms with van der Waals surface area (Å²) >= 11 is 0. The van der Waals surface area contributed by atoms with Crippen LogP contribution < -0.4 is 15.4 Å². The molecule has 2 aromatic rings. The number of benzene rings is 2. The fourth-order valence-corrected chi connectivity index (χ4v) is 3.04. The first-order chi connectivity index (χ1) is 11.7. The van der Waals surface area contributed by atoms with E-state index in [0.717, 1.165) is 41.7 Å². The maximum Gasteiger partial charge on any atom is 0.315 e. The van der Waals surface area contributed by atoms with Crippen LogP contribution in [0.25, 0.3) is 0 Å². The van der Waals surface area contributed by atoms with Crippen molar-refractivity contribution in [3.8, 4) is 5.75 Å². The minimum Gasteiger partial charge on any atom is -0.497 e. The van der Waals surface area contributed by atoms with E-state index in [2.05, 4.69) is 10.6 Å². The van der Waals surface area contributed by atoms with E-state index in [4.69, 9.17) is 4.74 Å². The highest BCUT2D eigenvalue weighted by Crippen LogP contribution is 2.31. The van der Waals surface area contributed by atoms with E-state index >= 15 is 0 Å². The Morgan fingerprint density at radius 3 is 2.79 bits per heavy atom. The van der Waals surface area contributed by atoms with Crippen molar-refractivity contribution < 1.29 is 13.9 Å². The molecule has 0 saturated heterocycles. The number of hydrogen-bond donors (Lipinski definition) is 2. The van der Waals surface area contributed by atoms with Crippen LogP contribution in [-0.4, -0.2) is 19.7 Å². The largest absolute Gasteiger partial charge is 0.497 e. The van der Waals surface area contributed by atoms with E-state index in [-0.39, 0.29) is 17.9 Å². The SMILES string of the molecule is COc1ccc(CCNC(=O)NC2CCc3ccc(F)cc32)cc1. The zero-order chi connectivity index (χ0) is 16.9. The second-order valence-corrected chi connectivity index (χ2v) is 5.93. The van der Waals surface area contributed by atoms with Crippen molar-refractivity contribution in [1.29, 1.82) is 0 Å². The molecule has 1 unspecified atom stereocenters. The molecule has 2 N–H and O–H groups in total. The highest BCUT2D eigenvalue weighted by molar-refractivity contribution is 5.74. The molecule has 4 nitrogen and oxygen atoms in total. The maximum absolute atomic E-state index is 13.4. The standard InChI is InChI=1S/C19H21FN2O2/c1-24-16-7-2-13(3-8-16)10-11-21-19(23)22-18-9-5-14-4-6-15(20)12-17(14)18/h2-4,6-8,12,18H,5,9-11H2,1H3,(H2,21,22,23). The highest BCUT2D eigenvalue weighted by Gasteiger charge is 2.24. The Kier molecular flexibility index (Phi) is 4.99. The van der Waals surface area contributed by atoms with Gasteiger partial charge in [-0.2, -0.15) is 0 Å². The summed E-state index contributed by atoms with van der Waals surface area (Å²) in [6, 6.07) is 12.2. The number of carbonyl (C=O) groups is 1. The number of urea groups is 1. The van der Waals surface area contributed by atoms with Gasteiger partial charge in [0.1, 0.15) is 11.6 Å². The molecule has 0 heterocycles. The lowest BCUT2D eigenvalue weighted by Gasteiger charge is -2.15. The molecule has 0 saturated carbocycles. The number of rotatable bonds is 5. The van der Waals surface area contributed by atoms with Crippen molar-refractivity contribution in [3.63, 3.8) is 0 Å². The van der Waals surface area contributed by atoms with Crippen LogP contribution in [0.3, 0.4) is 0 Å². The molecule has 1 aliphatic rings. The molecule has 0 bridgehead atoms. The number of hydrogen-bond acceptors (Lipinski definition) is 2. The number of amides is 2. The van der Waals surface area contributed by atoms with Crippen LogP contribution >= 0.6 is 0 Å². The molecule has 0 spiro atoms. The average Bonchev–Trinajstić information content (AvgIpc) is 2.97. The van der Waals surface area contributed by atoms with Crippen molar-refractivity contribution in [2.45, 2.75) is 25.3 Å². The van der Waals surface area contributed by atoms with Gasteiger partial charge in [-0.3, -0.25) is 0 Å². The Hall–Kier alpha value is -2.56. The summed E-state index contributed by atoms with van der Waals surface area (Å²) in [5.41, 5.74) is 3.13. The van der Waals surface area contributed by atoms with Gasteiger partial charge in [0.05, 0.1) is 13.2 Å². The average molecular weight is 328 g/mol. The number of fused-ring (bicyclic) bond motifs is 1. The topological polar surface area (TPSA) is 50.4 Å². The first-order valence-corrected chi connectivity index (χ1v) is 8.11. The molecule has 3 rings (SSSR count). The van der Waals surface area contributed by atoms with Gasteiger partial charge < -0.3 is 15.4 Å². The second-order valence-electron chi connectivity index (χ2n) is 5.93. The third-order valence-electron chi connectivity index (χ3n) is 4.35. The van der Waals surface area contributed by atoms with Crippen LogP contribution in [0.4, 0.5) is 9.18 Å². The van der Waals surface area contributed by atoms with E-state index in [0.29, 0.717) is 6.54 Å². The van der Waals surface area contributed by atoms with Crippen LogP contribution in [0, 0.1) is 5.82 Å². The Morgan fingerprint density at radius 1 is 1.25 bits per heavy atom. The van der Waals surface area contributed by atoms with Gasteiger partial charge in [0.25, 0.3) is 0 Å². The summed E-state index contributed by atoms with van der Waals surface area (Å²) in [7, 11) is 1.63. The molecule has 0 fully saturated rings. The Labute approximate surface area is 141 Å².